The molecule has 0 aliphatic heterocycles. The summed E-state index contributed by atoms with van der Waals surface area (Å²) in [6.45, 7) is 26.0. The van der Waals surface area contributed by atoms with E-state index in [1.54, 1.807) is 0 Å². The van der Waals surface area contributed by atoms with Gasteiger partial charge in [0.25, 0.3) is 0 Å². The van der Waals surface area contributed by atoms with E-state index in [4.69, 9.17) is 12.8 Å². The van der Waals surface area contributed by atoms with Crippen molar-refractivity contribution in [3.8, 4) is 47.6 Å². The van der Waals surface area contributed by atoms with Gasteiger partial charge in [0.05, 0.1) is 0 Å². The molecule has 0 heterocycles. The third-order valence-electron chi connectivity index (χ3n) is 6.04. The van der Waals surface area contributed by atoms with Crippen LogP contribution in [0.1, 0.15) is 55.6 Å². The summed E-state index contributed by atoms with van der Waals surface area (Å²) in [6, 6.07) is 12.5. The second-order valence-corrected chi connectivity index (χ2v) is 23.8. The first-order chi connectivity index (χ1) is 20.3. The molecule has 0 bridgehead atoms. The summed E-state index contributed by atoms with van der Waals surface area (Å²) in [5.74, 6) is 12.0. The second-order valence-electron chi connectivity index (χ2n) is 12.6. The molecule has 3 rings (SSSR count). The minimum Gasteiger partial charge on any atom is -0.127 e. The van der Waals surface area contributed by atoms with Crippen LogP contribution in [-0.4, -0.2) is 16.1 Å². The summed E-state index contributed by atoms with van der Waals surface area (Å²) in [5.41, 5.74) is 18.2. The van der Waals surface area contributed by atoms with E-state index in [0.717, 1.165) is 33.4 Å². The van der Waals surface area contributed by atoms with Gasteiger partial charge in [-0.25, -0.2) is 0 Å². The van der Waals surface area contributed by atoms with Crippen LogP contribution in [0.15, 0.2) is 45.3 Å². The molecule has 45 heavy (non-hydrogen) atoms. The monoisotopic (exact) mass is 1100 g/mol. The minimum absolute atomic E-state index is 0. The summed E-state index contributed by atoms with van der Waals surface area (Å²) in [6.07, 6.45) is 10.6. The van der Waals surface area contributed by atoms with Crippen molar-refractivity contribution in [3.05, 3.63) is 101 Å². The van der Waals surface area contributed by atoms with Crippen molar-refractivity contribution in [2.75, 3.05) is 0 Å². The van der Waals surface area contributed by atoms with Gasteiger partial charge >= 0.3 is 0 Å². The zero-order chi connectivity index (χ0) is 34.4. The summed E-state index contributed by atoms with van der Waals surface area (Å²) in [7, 11) is -2.63. The predicted octanol–water partition coefficient (Wildman–Crippen LogP) is 13.2. The predicted molar refractivity (Wildman–Crippen MR) is 243 cm³/mol. The maximum absolute atomic E-state index is 5.31. The highest BCUT2D eigenvalue weighted by Gasteiger charge is 2.10. The zero-order valence-electron chi connectivity index (χ0n) is 28.5. The molecule has 0 saturated heterocycles. The fourth-order valence-corrected chi connectivity index (χ4v) is 5.40. The lowest BCUT2D eigenvalue weighted by molar-refractivity contribution is 1.34. The number of benzene rings is 3. The molecule has 0 radical (unpaired) electrons. The fraction of sp³-hybridized carbons (Fsp3) is 0.316. The van der Waals surface area contributed by atoms with Crippen LogP contribution in [0.3, 0.4) is 0 Å². The molecule has 0 nitrogen and oxygen atoms in total. The molecule has 7 heteroatoms. The highest BCUT2D eigenvalue weighted by atomic mass is 128. The van der Waals surface area contributed by atoms with Crippen molar-refractivity contribution < 1.29 is 0 Å². The Bertz CT molecular complexity index is 1510. The Balaban J connectivity index is 0. The van der Waals surface area contributed by atoms with Crippen molar-refractivity contribution in [2.24, 2.45) is 0 Å². The van der Waals surface area contributed by atoms with Gasteiger partial charge in [-0.2, -0.15) is 0 Å². The van der Waals surface area contributed by atoms with Crippen LogP contribution < -0.4 is 0 Å². The first-order valence-electron chi connectivity index (χ1n) is 14.1. The van der Waals surface area contributed by atoms with E-state index < -0.39 is 16.1 Å². The number of terminal acetylenes is 2. The standard InChI is InChI=1S/C18H26Si2.C12H10.C8H8Br2.I2.HI/c1-15-13-18(10-12-20(6,7)8)16(2)14-17(15)9-11-19(3,4)5;1-5-11-7-10(4)12(6-2)8-9(11)3;1-5-3-8(10)6(2)4-7(5)9;1-2;/h13-14H,1-8H3;1-2,7-8H,3-4H3;3-4H,1-2H3;;1H. The van der Waals surface area contributed by atoms with Crippen LogP contribution in [0.25, 0.3) is 0 Å². The Kier molecular flexibility index (Phi) is 23.0. The molecule has 240 valence electrons. The summed E-state index contributed by atoms with van der Waals surface area (Å²) < 4.78 is 2.35. The Labute approximate surface area is 334 Å². The molecule has 0 unspecified atom stereocenters. The summed E-state index contributed by atoms with van der Waals surface area (Å²) in [4.78, 5) is 0. The molecular formula is C38H45Br2I3Si2. The van der Waals surface area contributed by atoms with E-state index in [9.17, 15) is 0 Å². The highest BCUT2D eigenvalue weighted by molar-refractivity contribution is 15.0. The van der Waals surface area contributed by atoms with Gasteiger partial charge in [-0.1, -0.05) is 94.8 Å². The van der Waals surface area contributed by atoms with Gasteiger partial charge < -0.3 is 0 Å². The van der Waals surface area contributed by atoms with E-state index >= 15 is 0 Å². The van der Waals surface area contributed by atoms with E-state index in [0.29, 0.717) is 0 Å². The van der Waals surface area contributed by atoms with E-state index in [-0.39, 0.29) is 24.0 Å². The van der Waals surface area contributed by atoms with Gasteiger partial charge in [-0.05, 0) is 111 Å². The quantitative estimate of drug-likeness (QED) is 0.120. The van der Waals surface area contributed by atoms with Crippen LogP contribution >= 0.6 is 93.1 Å². The van der Waals surface area contributed by atoms with E-state index in [1.165, 1.54) is 31.2 Å². The minimum atomic E-state index is -1.32. The van der Waals surface area contributed by atoms with Gasteiger partial charge in [0.2, 0.25) is 0 Å². The average Bonchev–Trinajstić information content (AvgIpc) is 2.93. The molecule has 0 aromatic heterocycles. The molecule has 0 aliphatic carbocycles. The lowest BCUT2D eigenvalue weighted by atomic mass is 10.0. The van der Waals surface area contributed by atoms with Crippen molar-refractivity contribution in [3.63, 3.8) is 0 Å². The number of halogens is 5. The molecule has 3 aromatic carbocycles. The highest BCUT2D eigenvalue weighted by Crippen LogP contribution is 2.24. The van der Waals surface area contributed by atoms with Crippen molar-refractivity contribution >= 4 is 109 Å². The van der Waals surface area contributed by atoms with Crippen LogP contribution in [0, 0.1) is 89.2 Å². The van der Waals surface area contributed by atoms with Crippen molar-refractivity contribution in [1.29, 1.82) is 0 Å². The van der Waals surface area contributed by atoms with Crippen molar-refractivity contribution in [2.45, 2.75) is 80.8 Å². The number of rotatable bonds is 0. The molecule has 3 aromatic rings. The molecule has 0 saturated carbocycles. The Morgan fingerprint density at radius 3 is 0.978 bits per heavy atom. The molecule has 0 spiro atoms. The zero-order valence-corrected chi connectivity index (χ0v) is 40.4. The first kappa shape index (κ1) is 46.6. The SMILES string of the molecule is C#Cc1cc(C)c(C#C)cc1C.Cc1cc(Br)c(C)cc1Br.Cc1cc(C#C[Si](C)(C)C)c(C)cc1C#C[Si](C)(C)C.I.II. The van der Waals surface area contributed by atoms with Gasteiger partial charge in [0, 0.05) is 68.4 Å². The Morgan fingerprint density at radius 1 is 0.489 bits per heavy atom. The Hall–Kier alpha value is -0.516. The van der Waals surface area contributed by atoms with Gasteiger partial charge in [-0.3, -0.25) is 0 Å². The maximum atomic E-state index is 5.31. The van der Waals surface area contributed by atoms with Crippen LogP contribution in [0.4, 0.5) is 0 Å². The average molecular weight is 1100 g/mol. The van der Waals surface area contributed by atoms with Gasteiger partial charge in [0.15, 0.2) is 0 Å². The third-order valence-corrected chi connectivity index (χ3v) is 9.50. The number of hydrogen-bond acceptors (Lipinski definition) is 0. The maximum Gasteiger partial charge on any atom is 0.129 e. The fourth-order valence-electron chi connectivity index (χ4n) is 3.47. The van der Waals surface area contributed by atoms with Gasteiger partial charge in [-0.15, -0.1) is 47.9 Å². The summed E-state index contributed by atoms with van der Waals surface area (Å²) in [5, 5.41) is 0. The lowest BCUT2D eigenvalue weighted by Crippen LogP contribution is -2.16. The second kappa shape index (κ2) is 22.2. The summed E-state index contributed by atoms with van der Waals surface area (Å²) >= 11 is 11.2. The van der Waals surface area contributed by atoms with E-state index in [1.807, 2.05) is 26.0 Å². The molecule has 0 aliphatic rings. The third kappa shape index (κ3) is 18.6. The largest absolute Gasteiger partial charge is 0.129 e. The number of hydrogen-bond donors (Lipinski definition) is 0. The first-order valence-corrected chi connectivity index (χ1v) is 28.9. The normalized spacial score (nSPS) is 9.64. The van der Waals surface area contributed by atoms with Crippen LogP contribution in [0.2, 0.25) is 39.3 Å². The molecule has 0 atom stereocenters. The van der Waals surface area contributed by atoms with Crippen LogP contribution in [-0.2, 0) is 0 Å². The molecule has 0 N–H and O–H groups in total. The smallest absolute Gasteiger partial charge is 0.127 e. The van der Waals surface area contributed by atoms with E-state index in [2.05, 4.69) is 195 Å². The molecule has 0 fully saturated rings. The molecule has 0 amide bonds. The lowest BCUT2D eigenvalue weighted by Gasteiger charge is -2.08. The molecular weight excluding hydrogens is 1050 g/mol. The topological polar surface area (TPSA) is 0 Å². The van der Waals surface area contributed by atoms with Crippen LogP contribution in [0.5, 0.6) is 0 Å². The van der Waals surface area contributed by atoms with Gasteiger partial charge in [0.1, 0.15) is 16.1 Å². The number of aryl methyl sites for hydroxylation is 6. The van der Waals surface area contributed by atoms with Crippen molar-refractivity contribution in [1.82, 2.24) is 0 Å². The Morgan fingerprint density at radius 2 is 0.733 bits per heavy atom.